The number of aliphatic hydroxyl groups is 2. The van der Waals surface area contributed by atoms with Gasteiger partial charge in [0.05, 0.1) is 6.61 Å². The van der Waals surface area contributed by atoms with E-state index in [9.17, 15) is 9.90 Å². The summed E-state index contributed by atoms with van der Waals surface area (Å²) in [6.45, 7) is -0.414. The Labute approximate surface area is 97.4 Å². The molecule has 1 heterocycles. The summed E-state index contributed by atoms with van der Waals surface area (Å²) < 4.78 is 5.84. The van der Waals surface area contributed by atoms with Gasteiger partial charge in [0.15, 0.2) is 0 Å². The molecule has 0 aliphatic rings. The Kier molecular flexibility index (Phi) is 4.58. The van der Waals surface area contributed by atoms with Crippen molar-refractivity contribution >= 4 is 5.82 Å². The molecule has 8 heteroatoms. The summed E-state index contributed by atoms with van der Waals surface area (Å²) in [6.07, 6.45) is -1.88. The van der Waals surface area contributed by atoms with E-state index in [0.29, 0.717) is 0 Å². The van der Waals surface area contributed by atoms with Gasteiger partial charge in [-0.25, -0.2) is 4.79 Å². The summed E-state index contributed by atoms with van der Waals surface area (Å²) in [5, 5.41) is 18.7. The maximum Gasteiger partial charge on any atom is 0.350 e. The van der Waals surface area contributed by atoms with Gasteiger partial charge in [-0.05, 0) is 6.07 Å². The number of rotatable bonds is 5. The fourth-order valence-electron chi connectivity index (χ4n) is 1.36. The molecule has 0 fully saturated rings. The zero-order valence-electron chi connectivity index (χ0n) is 9.35. The van der Waals surface area contributed by atoms with Crippen LogP contribution >= 0.6 is 0 Å². The molecule has 1 rings (SSSR count). The van der Waals surface area contributed by atoms with E-state index in [1.54, 1.807) is 0 Å². The molecule has 0 radical (unpaired) electrons. The number of nitrogen functional groups attached to an aromatic ring is 1. The van der Waals surface area contributed by atoms with E-state index in [4.69, 9.17) is 21.3 Å². The normalized spacial score (nSPS) is 16.5. The monoisotopic (exact) mass is 244 g/mol. The van der Waals surface area contributed by atoms with Crippen molar-refractivity contribution in [3.63, 3.8) is 0 Å². The summed E-state index contributed by atoms with van der Waals surface area (Å²) in [6, 6.07) is 1.38. The van der Waals surface area contributed by atoms with Gasteiger partial charge in [-0.2, -0.15) is 4.98 Å². The third-order valence-corrected chi connectivity index (χ3v) is 2.39. The molecule has 0 aliphatic carbocycles. The average Bonchev–Trinajstić information content (AvgIpc) is 2.29. The quantitative estimate of drug-likeness (QED) is 0.455. The van der Waals surface area contributed by atoms with Crippen LogP contribution in [0.2, 0.25) is 0 Å². The van der Waals surface area contributed by atoms with Crippen LogP contribution in [0.3, 0.4) is 0 Å². The van der Waals surface area contributed by atoms with Crippen LogP contribution in [0.4, 0.5) is 5.82 Å². The van der Waals surface area contributed by atoms with Crippen molar-refractivity contribution in [2.45, 2.75) is 18.4 Å². The van der Waals surface area contributed by atoms with Gasteiger partial charge < -0.3 is 26.4 Å². The first-order chi connectivity index (χ1) is 8.01. The smallest absolute Gasteiger partial charge is 0.350 e. The molecule has 0 bridgehead atoms. The molecule has 17 heavy (non-hydrogen) atoms. The van der Waals surface area contributed by atoms with Crippen LogP contribution in [-0.2, 0) is 4.74 Å². The minimum absolute atomic E-state index is 0.0680. The zero-order chi connectivity index (χ0) is 13.0. The number of hydrogen-bond donors (Lipinski definition) is 4. The molecule has 1 aromatic heterocycles. The highest BCUT2D eigenvalue weighted by Crippen LogP contribution is 2.09. The number of ether oxygens (including phenoxy) is 1. The third kappa shape index (κ3) is 3.01. The molecule has 0 amide bonds. The Balaban J connectivity index is 2.95. The topological polar surface area (TPSA) is 137 Å². The van der Waals surface area contributed by atoms with E-state index in [-0.39, 0.29) is 5.82 Å². The van der Waals surface area contributed by atoms with Crippen molar-refractivity contribution in [2.75, 3.05) is 19.5 Å². The number of hydrogen-bond acceptors (Lipinski definition) is 7. The molecule has 96 valence electrons. The first kappa shape index (κ1) is 13.6. The molecule has 0 aromatic carbocycles. The van der Waals surface area contributed by atoms with Gasteiger partial charge in [-0.1, -0.05) is 0 Å². The van der Waals surface area contributed by atoms with E-state index in [0.717, 1.165) is 4.57 Å². The van der Waals surface area contributed by atoms with Gasteiger partial charge in [0.2, 0.25) is 0 Å². The Morgan fingerprint density at radius 3 is 2.76 bits per heavy atom. The lowest BCUT2D eigenvalue weighted by Crippen LogP contribution is -2.46. The highest BCUT2D eigenvalue weighted by Gasteiger charge is 2.26. The maximum atomic E-state index is 11.5. The number of nitrogens with zero attached hydrogens (tertiary/aromatic N) is 2. The third-order valence-electron chi connectivity index (χ3n) is 2.39. The van der Waals surface area contributed by atoms with Crippen molar-refractivity contribution in [1.29, 1.82) is 0 Å². The Morgan fingerprint density at radius 1 is 1.65 bits per heavy atom. The average molecular weight is 244 g/mol. The largest absolute Gasteiger partial charge is 0.394 e. The van der Waals surface area contributed by atoms with Crippen LogP contribution in [0.25, 0.3) is 0 Å². The highest BCUT2D eigenvalue weighted by molar-refractivity contribution is 5.23. The summed E-state index contributed by atoms with van der Waals surface area (Å²) in [5.41, 5.74) is 10.3. The van der Waals surface area contributed by atoms with Gasteiger partial charge in [0.25, 0.3) is 0 Å². The van der Waals surface area contributed by atoms with E-state index in [1.165, 1.54) is 19.4 Å². The van der Waals surface area contributed by atoms with Crippen molar-refractivity contribution in [3.05, 3.63) is 22.7 Å². The Morgan fingerprint density at radius 2 is 2.29 bits per heavy atom. The van der Waals surface area contributed by atoms with Crippen LogP contribution in [0, 0.1) is 0 Å². The first-order valence-electron chi connectivity index (χ1n) is 4.93. The van der Waals surface area contributed by atoms with Crippen LogP contribution in [0.5, 0.6) is 0 Å². The van der Waals surface area contributed by atoms with E-state index in [2.05, 4.69) is 4.98 Å². The predicted octanol–water partition coefficient (Wildman–Crippen LogP) is -2.35. The van der Waals surface area contributed by atoms with Crippen molar-refractivity contribution < 1.29 is 14.9 Å². The fraction of sp³-hybridized carbons (Fsp3) is 0.556. The fourth-order valence-corrected chi connectivity index (χ4v) is 1.36. The first-order valence-corrected chi connectivity index (χ1v) is 4.93. The Hall–Kier alpha value is -1.48. The second kappa shape index (κ2) is 5.73. The Bertz CT molecular complexity index is 418. The number of methoxy groups -OCH3 is 1. The zero-order valence-corrected chi connectivity index (χ0v) is 9.35. The molecule has 0 saturated heterocycles. The molecule has 6 N–H and O–H groups in total. The number of anilines is 1. The molecule has 0 unspecified atom stereocenters. The summed E-state index contributed by atoms with van der Waals surface area (Å²) in [7, 11) is 1.32. The van der Waals surface area contributed by atoms with Crippen LogP contribution in [0.1, 0.15) is 6.17 Å². The van der Waals surface area contributed by atoms with Crippen LogP contribution in [0.15, 0.2) is 17.1 Å². The van der Waals surface area contributed by atoms with Crippen molar-refractivity contribution in [2.24, 2.45) is 5.73 Å². The second-order valence-electron chi connectivity index (χ2n) is 3.48. The number of aromatic nitrogens is 2. The van der Waals surface area contributed by atoms with E-state index < -0.39 is 30.7 Å². The van der Waals surface area contributed by atoms with Gasteiger partial charge >= 0.3 is 5.69 Å². The molecule has 0 spiro atoms. The minimum Gasteiger partial charge on any atom is -0.394 e. The molecule has 3 atom stereocenters. The maximum absolute atomic E-state index is 11.5. The molecule has 0 aliphatic heterocycles. The van der Waals surface area contributed by atoms with Gasteiger partial charge in [0, 0.05) is 13.3 Å². The molecular weight excluding hydrogens is 228 g/mol. The van der Waals surface area contributed by atoms with Crippen LogP contribution < -0.4 is 17.2 Å². The van der Waals surface area contributed by atoms with Crippen molar-refractivity contribution in [3.8, 4) is 0 Å². The summed E-state index contributed by atoms with van der Waals surface area (Å²) >= 11 is 0. The standard InChI is InChI=1S/C9H16N4O4/c1-17-5(4-14)7(15)8(11)13-3-2-6(10)12-9(13)16/h2-3,5,7-8,14-15H,4,11H2,1H3,(H2,10,12,16)/t5-,7-,8+/m1/s1. The molecule has 8 nitrogen and oxygen atoms in total. The summed E-state index contributed by atoms with van der Waals surface area (Å²) in [4.78, 5) is 14.9. The van der Waals surface area contributed by atoms with E-state index >= 15 is 0 Å². The highest BCUT2D eigenvalue weighted by atomic mass is 16.5. The SMILES string of the molecule is CO[C@H](CO)[C@@H](O)[C@@H](N)n1ccc(N)nc1=O. The minimum atomic E-state index is -1.24. The van der Waals surface area contributed by atoms with Gasteiger partial charge in [-0.15, -0.1) is 0 Å². The van der Waals surface area contributed by atoms with Crippen LogP contribution in [-0.4, -0.2) is 45.7 Å². The van der Waals surface area contributed by atoms with Gasteiger partial charge in [0.1, 0.15) is 24.2 Å². The number of aliphatic hydroxyl groups excluding tert-OH is 2. The molecule has 0 saturated carbocycles. The summed E-state index contributed by atoms with van der Waals surface area (Å²) in [5.74, 6) is 0.0680. The predicted molar refractivity (Wildman–Crippen MR) is 60.0 cm³/mol. The van der Waals surface area contributed by atoms with Crippen molar-refractivity contribution in [1.82, 2.24) is 9.55 Å². The molecular formula is C9H16N4O4. The van der Waals surface area contributed by atoms with Gasteiger partial charge in [-0.3, -0.25) is 4.57 Å². The lowest BCUT2D eigenvalue weighted by atomic mass is 10.1. The lowest BCUT2D eigenvalue weighted by Gasteiger charge is -2.26. The molecule has 1 aromatic rings. The number of nitrogens with two attached hydrogens (primary N) is 2. The lowest BCUT2D eigenvalue weighted by molar-refractivity contribution is -0.0619. The second-order valence-corrected chi connectivity index (χ2v) is 3.48. The van der Waals surface area contributed by atoms with E-state index in [1.807, 2.05) is 0 Å².